The van der Waals surface area contributed by atoms with Crippen molar-refractivity contribution in [3.8, 4) is 17.9 Å². The van der Waals surface area contributed by atoms with Crippen molar-refractivity contribution in [2.45, 2.75) is 6.42 Å². The molecule has 0 atom stereocenters. The molecule has 4 heteroatoms. The Bertz CT molecular complexity index is 492. The van der Waals surface area contributed by atoms with Gasteiger partial charge in [0.2, 0.25) is 0 Å². The molecule has 0 heterocycles. The van der Waals surface area contributed by atoms with Crippen molar-refractivity contribution < 1.29 is 9.90 Å². The Balaban J connectivity index is 2.97. The van der Waals surface area contributed by atoms with Gasteiger partial charge in [0.05, 0.1) is 16.7 Å². The van der Waals surface area contributed by atoms with Crippen molar-refractivity contribution in [3.05, 3.63) is 34.3 Å². The summed E-state index contributed by atoms with van der Waals surface area (Å²) in [5.41, 5.74) is 0.913. The molecule has 0 aromatic heterocycles. The number of carbonyl (C=O) groups is 1. The molecule has 1 aromatic carbocycles. The van der Waals surface area contributed by atoms with Crippen LogP contribution >= 0.6 is 11.6 Å². The molecule has 1 aromatic rings. The van der Waals surface area contributed by atoms with Crippen LogP contribution in [-0.2, 0) is 4.79 Å². The molecule has 0 spiro atoms. The first kappa shape index (κ1) is 11.1. The van der Waals surface area contributed by atoms with E-state index < -0.39 is 5.97 Å². The molecule has 0 amide bonds. The maximum atomic E-state index is 10.2. The average Bonchev–Trinajstić information content (AvgIpc) is 2.20. The molecule has 0 bridgehead atoms. The standard InChI is InChI=1S/C11H6ClNO2/c12-10-5-4-8(7-13)6-9(10)2-1-3-11(14)15/h4-6H,3H2,(H,14,15). The summed E-state index contributed by atoms with van der Waals surface area (Å²) < 4.78 is 0. The van der Waals surface area contributed by atoms with Crippen molar-refractivity contribution in [2.75, 3.05) is 0 Å². The maximum absolute atomic E-state index is 10.2. The second-order valence-electron chi connectivity index (χ2n) is 2.68. The van der Waals surface area contributed by atoms with E-state index in [4.69, 9.17) is 22.0 Å². The van der Waals surface area contributed by atoms with Crippen LogP contribution < -0.4 is 0 Å². The summed E-state index contributed by atoms with van der Waals surface area (Å²) in [6, 6.07) is 6.61. The number of hydrogen-bond acceptors (Lipinski definition) is 2. The summed E-state index contributed by atoms with van der Waals surface area (Å²) in [4.78, 5) is 10.2. The molecule has 3 nitrogen and oxygen atoms in total. The number of benzene rings is 1. The average molecular weight is 220 g/mol. The van der Waals surface area contributed by atoms with Gasteiger partial charge >= 0.3 is 5.97 Å². The molecule has 0 aliphatic carbocycles. The zero-order valence-electron chi connectivity index (χ0n) is 7.62. The molecule has 74 valence electrons. The van der Waals surface area contributed by atoms with Crippen LogP contribution in [-0.4, -0.2) is 11.1 Å². The highest BCUT2D eigenvalue weighted by atomic mass is 35.5. The van der Waals surface area contributed by atoms with Gasteiger partial charge < -0.3 is 5.11 Å². The fourth-order valence-corrected chi connectivity index (χ4v) is 1.07. The molecule has 0 aliphatic heterocycles. The van der Waals surface area contributed by atoms with E-state index in [1.807, 2.05) is 6.07 Å². The SMILES string of the molecule is N#Cc1ccc(Cl)c(C#CCC(=O)O)c1. The van der Waals surface area contributed by atoms with Crippen molar-refractivity contribution >= 4 is 17.6 Å². The summed E-state index contributed by atoms with van der Waals surface area (Å²) in [6.07, 6.45) is -0.243. The van der Waals surface area contributed by atoms with E-state index in [9.17, 15) is 4.79 Å². The third-order valence-corrected chi connectivity index (χ3v) is 1.89. The lowest BCUT2D eigenvalue weighted by atomic mass is 10.1. The zero-order chi connectivity index (χ0) is 11.3. The number of carboxylic acid groups (broad SMARTS) is 1. The van der Waals surface area contributed by atoms with Crippen LogP contribution in [0.15, 0.2) is 18.2 Å². The summed E-state index contributed by atoms with van der Waals surface area (Å²) in [7, 11) is 0. The Morgan fingerprint density at radius 1 is 1.53 bits per heavy atom. The molecule has 0 saturated carbocycles. The number of nitriles is 1. The molecule has 0 radical (unpaired) electrons. The molecular formula is C11H6ClNO2. The first-order chi connectivity index (χ1) is 7.13. The van der Waals surface area contributed by atoms with Crippen LogP contribution in [0, 0.1) is 23.2 Å². The number of nitrogens with zero attached hydrogens (tertiary/aromatic N) is 1. The first-order valence-electron chi connectivity index (χ1n) is 4.04. The third-order valence-electron chi connectivity index (χ3n) is 1.56. The van der Waals surface area contributed by atoms with Gasteiger partial charge in [-0.1, -0.05) is 23.4 Å². The van der Waals surface area contributed by atoms with Crippen molar-refractivity contribution in [2.24, 2.45) is 0 Å². The van der Waals surface area contributed by atoms with Gasteiger partial charge in [-0.25, -0.2) is 0 Å². The minimum Gasteiger partial charge on any atom is -0.481 e. The second kappa shape index (κ2) is 5.05. The largest absolute Gasteiger partial charge is 0.481 e. The van der Waals surface area contributed by atoms with E-state index >= 15 is 0 Å². The summed E-state index contributed by atoms with van der Waals surface area (Å²) >= 11 is 5.81. The molecule has 1 rings (SSSR count). The minimum absolute atomic E-state index is 0.243. The van der Waals surface area contributed by atoms with Crippen LogP contribution in [0.5, 0.6) is 0 Å². The Morgan fingerprint density at radius 3 is 2.87 bits per heavy atom. The van der Waals surface area contributed by atoms with E-state index in [2.05, 4.69) is 11.8 Å². The van der Waals surface area contributed by atoms with Crippen molar-refractivity contribution in [1.29, 1.82) is 5.26 Å². The predicted octanol–water partition coefficient (Wildman–Crippen LogP) is 2.04. The van der Waals surface area contributed by atoms with Gasteiger partial charge in [0.15, 0.2) is 0 Å². The second-order valence-corrected chi connectivity index (χ2v) is 3.09. The highest BCUT2D eigenvalue weighted by Crippen LogP contribution is 2.15. The minimum atomic E-state index is -0.991. The quantitative estimate of drug-likeness (QED) is 0.736. The van der Waals surface area contributed by atoms with Gasteiger partial charge in [-0.3, -0.25) is 4.79 Å². The van der Waals surface area contributed by atoms with E-state index in [1.54, 1.807) is 12.1 Å². The van der Waals surface area contributed by atoms with Crippen LogP contribution in [0.3, 0.4) is 0 Å². The van der Waals surface area contributed by atoms with E-state index in [0.717, 1.165) is 0 Å². The van der Waals surface area contributed by atoms with E-state index in [-0.39, 0.29) is 6.42 Å². The normalized spacial score (nSPS) is 8.53. The maximum Gasteiger partial charge on any atom is 0.315 e. The Kier molecular flexibility index (Phi) is 3.74. The lowest BCUT2D eigenvalue weighted by Gasteiger charge is -1.95. The third kappa shape index (κ3) is 3.34. The van der Waals surface area contributed by atoms with E-state index in [0.29, 0.717) is 16.1 Å². The molecule has 0 unspecified atom stereocenters. The zero-order valence-corrected chi connectivity index (χ0v) is 8.38. The molecule has 0 aliphatic rings. The first-order valence-corrected chi connectivity index (χ1v) is 4.41. The summed E-state index contributed by atoms with van der Waals surface area (Å²) in [5.74, 6) is 4.06. The van der Waals surface area contributed by atoms with Gasteiger partial charge in [0, 0.05) is 5.56 Å². The molecule has 0 fully saturated rings. The number of hydrogen-bond donors (Lipinski definition) is 1. The molecule has 1 N–H and O–H groups in total. The molecule has 0 saturated heterocycles. The molecule has 15 heavy (non-hydrogen) atoms. The van der Waals surface area contributed by atoms with Gasteiger partial charge in [-0.2, -0.15) is 5.26 Å². The van der Waals surface area contributed by atoms with Crippen molar-refractivity contribution in [1.82, 2.24) is 0 Å². The summed E-state index contributed by atoms with van der Waals surface area (Å²) in [6.45, 7) is 0. The van der Waals surface area contributed by atoms with Crippen LogP contribution in [0.1, 0.15) is 17.5 Å². The monoisotopic (exact) mass is 219 g/mol. The lowest BCUT2D eigenvalue weighted by molar-refractivity contribution is -0.135. The highest BCUT2D eigenvalue weighted by molar-refractivity contribution is 6.31. The fraction of sp³-hybridized carbons (Fsp3) is 0.0909. The smallest absolute Gasteiger partial charge is 0.315 e. The Hall–Kier alpha value is -1.97. The van der Waals surface area contributed by atoms with Crippen molar-refractivity contribution in [3.63, 3.8) is 0 Å². The number of rotatable bonds is 1. The van der Waals surface area contributed by atoms with Gasteiger partial charge in [0.1, 0.15) is 6.42 Å². The van der Waals surface area contributed by atoms with E-state index in [1.165, 1.54) is 6.07 Å². The summed E-state index contributed by atoms with van der Waals surface area (Å²) in [5, 5.41) is 17.4. The fourth-order valence-electron chi connectivity index (χ4n) is 0.906. The highest BCUT2D eigenvalue weighted by Gasteiger charge is 1.98. The number of carboxylic acids is 1. The van der Waals surface area contributed by atoms with Gasteiger partial charge in [-0.15, -0.1) is 0 Å². The van der Waals surface area contributed by atoms with Crippen LogP contribution in [0.4, 0.5) is 0 Å². The Morgan fingerprint density at radius 2 is 2.27 bits per heavy atom. The van der Waals surface area contributed by atoms with Gasteiger partial charge in [0.25, 0.3) is 0 Å². The van der Waals surface area contributed by atoms with Crippen LogP contribution in [0.2, 0.25) is 5.02 Å². The molecular weight excluding hydrogens is 214 g/mol. The lowest BCUT2D eigenvalue weighted by Crippen LogP contribution is -1.90. The predicted molar refractivity (Wildman–Crippen MR) is 55.3 cm³/mol. The number of aliphatic carboxylic acids is 1. The topological polar surface area (TPSA) is 61.1 Å². The Labute approximate surface area is 91.9 Å². The van der Waals surface area contributed by atoms with Gasteiger partial charge in [-0.05, 0) is 18.2 Å². The number of halogens is 1. The van der Waals surface area contributed by atoms with Crippen LogP contribution in [0.25, 0.3) is 0 Å².